The summed E-state index contributed by atoms with van der Waals surface area (Å²) < 4.78 is 24.4. The molecular weight excluding hydrogens is 238 g/mol. The van der Waals surface area contributed by atoms with Crippen molar-refractivity contribution in [2.75, 3.05) is 26.3 Å². The van der Waals surface area contributed by atoms with Crippen molar-refractivity contribution in [2.45, 2.75) is 11.4 Å². The van der Waals surface area contributed by atoms with E-state index in [1.165, 1.54) is 0 Å². The smallest absolute Gasteiger partial charge is 0.132 e. The fraction of sp³-hybridized carbons (Fsp3) is 0.455. The summed E-state index contributed by atoms with van der Waals surface area (Å²) in [5.74, 6) is 0. The lowest BCUT2D eigenvalue weighted by Gasteiger charge is -2.27. The molecule has 0 aromatic heterocycles. The number of nitrogens with two attached hydrogens (primary N) is 1. The van der Waals surface area contributed by atoms with Crippen LogP contribution in [0.25, 0.3) is 0 Å². The molecule has 0 spiro atoms. The quantitative estimate of drug-likeness (QED) is 0.838. The minimum atomic E-state index is -3.14. The molecular formula is C11H17N3O2S. The van der Waals surface area contributed by atoms with Crippen molar-refractivity contribution >= 4 is 9.92 Å². The van der Waals surface area contributed by atoms with Crippen LogP contribution in [0.15, 0.2) is 29.2 Å². The van der Waals surface area contributed by atoms with E-state index in [0.29, 0.717) is 11.4 Å². The maximum Gasteiger partial charge on any atom is 0.132 e. The predicted molar refractivity (Wildman–Crippen MR) is 65.9 cm³/mol. The zero-order valence-corrected chi connectivity index (χ0v) is 10.4. The van der Waals surface area contributed by atoms with Gasteiger partial charge in [0.25, 0.3) is 0 Å². The molecule has 2 rings (SSSR count). The van der Waals surface area contributed by atoms with Gasteiger partial charge in [0.05, 0.1) is 18.1 Å². The molecule has 5 nitrogen and oxygen atoms in total. The van der Waals surface area contributed by atoms with Gasteiger partial charge in [-0.15, -0.1) is 0 Å². The highest BCUT2D eigenvalue weighted by atomic mass is 32.2. The van der Waals surface area contributed by atoms with Crippen LogP contribution in [0.3, 0.4) is 0 Å². The molecule has 3 N–H and O–H groups in total. The summed E-state index contributed by atoms with van der Waals surface area (Å²) in [4.78, 5) is 2.65. The van der Waals surface area contributed by atoms with Crippen molar-refractivity contribution in [2.24, 2.45) is 5.14 Å². The third kappa shape index (κ3) is 3.26. The Morgan fingerprint density at radius 3 is 2.65 bits per heavy atom. The first-order valence-electron chi connectivity index (χ1n) is 5.52. The van der Waals surface area contributed by atoms with Gasteiger partial charge >= 0.3 is 0 Å². The van der Waals surface area contributed by atoms with Crippen molar-refractivity contribution in [1.82, 2.24) is 4.90 Å². The Morgan fingerprint density at radius 2 is 2.00 bits per heavy atom. The Kier molecular flexibility index (Phi) is 3.78. The summed E-state index contributed by atoms with van der Waals surface area (Å²) in [5, 5.41) is 5.41. The largest absolute Gasteiger partial charge is 0.379 e. The maximum atomic E-state index is 11.7. The van der Waals surface area contributed by atoms with Crippen molar-refractivity contribution in [3.05, 3.63) is 29.8 Å². The molecule has 1 unspecified atom stereocenters. The molecule has 1 saturated heterocycles. The number of ether oxygens (including phenoxy) is 1. The number of hydrogen-bond acceptors (Lipinski definition) is 4. The summed E-state index contributed by atoms with van der Waals surface area (Å²) in [6.45, 7) is 3.84. The first kappa shape index (κ1) is 12.5. The average Bonchev–Trinajstić information content (AvgIpc) is 2.30. The number of nitrogens with one attached hydrogen (secondary N) is 1. The molecule has 1 aromatic carbocycles. The van der Waals surface area contributed by atoms with Gasteiger partial charge in [-0.25, -0.2) is 14.1 Å². The molecule has 6 heteroatoms. The highest BCUT2D eigenvalue weighted by Crippen LogP contribution is 2.16. The Hall–Kier alpha value is -0.950. The van der Waals surface area contributed by atoms with Crippen LogP contribution in [-0.4, -0.2) is 35.4 Å². The van der Waals surface area contributed by atoms with E-state index in [4.69, 9.17) is 14.7 Å². The van der Waals surface area contributed by atoms with Gasteiger partial charge in [0.1, 0.15) is 9.92 Å². The summed E-state index contributed by atoms with van der Waals surface area (Å²) in [5.41, 5.74) is 0.872. The highest BCUT2D eigenvalue weighted by molar-refractivity contribution is 7.90. The van der Waals surface area contributed by atoms with Crippen LogP contribution in [0.2, 0.25) is 0 Å². The highest BCUT2D eigenvalue weighted by Gasteiger charge is 2.15. The van der Waals surface area contributed by atoms with Gasteiger partial charge in [-0.3, -0.25) is 4.90 Å². The fourth-order valence-corrected chi connectivity index (χ4v) is 2.73. The zero-order chi connectivity index (χ0) is 12.3. The first-order chi connectivity index (χ1) is 8.07. The maximum absolute atomic E-state index is 11.7. The molecule has 1 aliphatic heterocycles. The molecule has 1 heterocycles. The van der Waals surface area contributed by atoms with Gasteiger partial charge in [-0.1, -0.05) is 18.2 Å². The molecule has 1 atom stereocenters. The number of morpholine rings is 1. The zero-order valence-electron chi connectivity index (χ0n) is 9.59. The van der Waals surface area contributed by atoms with Crippen LogP contribution in [0.4, 0.5) is 0 Å². The van der Waals surface area contributed by atoms with Gasteiger partial charge in [0.2, 0.25) is 0 Å². The van der Waals surface area contributed by atoms with Gasteiger partial charge in [-0.2, -0.15) is 0 Å². The first-order valence-corrected chi connectivity index (χ1v) is 7.14. The van der Waals surface area contributed by atoms with E-state index in [9.17, 15) is 4.21 Å². The monoisotopic (exact) mass is 255 g/mol. The second-order valence-electron chi connectivity index (χ2n) is 4.10. The van der Waals surface area contributed by atoms with E-state index in [-0.39, 0.29) is 0 Å². The van der Waals surface area contributed by atoms with Crippen molar-refractivity contribution < 1.29 is 8.95 Å². The molecule has 0 amide bonds. The van der Waals surface area contributed by atoms with E-state index in [1.54, 1.807) is 12.1 Å². The van der Waals surface area contributed by atoms with E-state index in [1.807, 2.05) is 12.1 Å². The van der Waals surface area contributed by atoms with Gasteiger partial charge in [0, 0.05) is 19.6 Å². The van der Waals surface area contributed by atoms with E-state index < -0.39 is 9.92 Å². The lowest BCUT2D eigenvalue weighted by molar-refractivity contribution is 0.0338. The van der Waals surface area contributed by atoms with Gasteiger partial charge < -0.3 is 4.74 Å². The normalized spacial score (nSPS) is 21.0. The van der Waals surface area contributed by atoms with E-state index in [0.717, 1.165) is 31.9 Å². The number of nitrogens with zero attached hydrogens (tertiary/aromatic N) is 1. The third-order valence-electron chi connectivity index (χ3n) is 2.80. The molecule has 0 bridgehead atoms. The van der Waals surface area contributed by atoms with Crippen molar-refractivity contribution in [3.8, 4) is 0 Å². The topological polar surface area (TPSA) is 79.4 Å². The van der Waals surface area contributed by atoms with Crippen LogP contribution in [0.5, 0.6) is 0 Å². The average molecular weight is 255 g/mol. The van der Waals surface area contributed by atoms with Crippen LogP contribution in [0.1, 0.15) is 5.56 Å². The van der Waals surface area contributed by atoms with E-state index in [2.05, 4.69) is 4.90 Å². The molecule has 0 radical (unpaired) electrons. The molecule has 0 saturated carbocycles. The second-order valence-corrected chi connectivity index (χ2v) is 5.74. The van der Waals surface area contributed by atoms with Crippen LogP contribution < -0.4 is 5.14 Å². The van der Waals surface area contributed by atoms with Crippen molar-refractivity contribution in [1.29, 1.82) is 4.78 Å². The van der Waals surface area contributed by atoms with Crippen molar-refractivity contribution in [3.63, 3.8) is 0 Å². The fourth-order valence-electron chi connectivity index (χ4n) is 1.93. The standard InChI is InChI=1S/C11H17N3O2S/c12-17(13,15)11-4-2-1-3-10(11)9-14-5-7-16-8-6-14/h1-4H,5-9H2,(H3,12,13,15). The van der Waals surface area contributed by atoms with Gasteiger partial charge in [-0.05, 0) is 11.6 Å². The minimum absolute atomic E-state index is 0.437. The predicted octanol–water partition coefficient (Wildman–Crippen LogP) is 0.798. The van der Waals surface area contributed by atoms with Crippen LogP contribution in [-0.2, 0) is 21.2 Å². The molecule has 94 valence electrons. The van der Waals surface area contributed by atoms with Gasteiger partial charge in [0.15, 0.2) is 0 Å². The summed E-state index contributed by atoms with van der Waals surface area (Å²) in [6, 6.07) is 7.20. The lowest BCUT2D eigenvalue weighted by Crippen LogP contribution is -2.36. The number of rotatable bonds is 3. The Labute approximate surface area is 102 Å². The summed E-state index contributed by atoms with van der Waals surface area (Å²) >= 11 is 0. The number of hydrogen-bond donors (Lipinski definition) is 2. The Bertz CT molecular complexity index is 481. The molecule has 1 aromatic rings. The van der Waals surface area contributed by atoms with Crippen LogP contribution in [0, 0.1) is 4.78 Å². The Morgan fingerprint density at radius 1 is 1.35 bits per heavy atom. The second kappa shape index (κ2) is 5.14. The molecule has 0 aliphatic carbocycles. The van der Waals surface area contributed by atoms with E-state index >= 15 is 0 Å². The SMILES string of the molecule is N=S(N)(=O)c1ccccc1CN1CCOCC1. The van der Waals surface area contributed by atoms with Crippen LogP contribution >= 0.6 is 0 Å². The lowest BCUT2D eigenvalue weighted by atomic mass is 10.2. The summed E-state index contributed by atoms with van der Waals surface area (Å²) in [6.07, 6.45) is 0. The summed E-state index contributed by atoms with van der Waals surface area (Å²) in [7, 11) is -3.14. The molecule has 17 heavy (non-hydrogen) atoms. The third-order valence-corrected chi connectivity index (χ3v) is 3.85. The molecule has 1 fully saturated rings. The molecule has 1 aliphatic rings. The number of benzene rings is 1. The minimum Gasteiger partial charge on any atom is -0.379 e. The Balaban J connectivity index is 2.20.